The summed E-state index contributed by atoms with van der Waals surface area (Å²) in [5.41, 5.74) is 0. The van der Waals surface area contributed by atoms with Crippen molar-refractivity contribution in [2.24, 2.45) is 5.92 Å². The van der Waals surface area contributed by atoms with Crippen LogP contribution in [0.1, 0.15) is 44.9 Å². The van der Waals surface area contributed by atoms with E-state index >= 15 is 0 Å². The Hall–Kier alpha value is -0.120. The van der Waals surface area contributed by atoms with E-state index in [1.54, 1.807) is 0 Å². The molecule has 0 aromatic carbocycles. The van der Waals surface area contributed by atoms with Gasteiger partial charge in [-0.05, 0) is 64.0 Å². The molecule has 3 aliphatic rings. The fourth-order valence-corrected chi connectivity index (χ4v) is 4.27. The van der Waals surface area contributed by atoms with Crippen molar-refractivity contribution in [3.05, 3.63) is 0 Å². The van der Waals surface area contributed by atoms with Crippen LogP contribution in [-0.4, -0.2) is 49.8 Å². The van der Waals surface area contributed by atoms with Gasteiger partial charge in [0.15, 0.2) is 0 Å². The quantitative estimate of drug-likeness (QED) is 0.814. The second-order valence-electron chi connectivity index (χ2n) is 6.42. The lowest BCUT2D eigenvalue weighted by molar-refractivity contribution is 0.00553. The van der Waals surface area contributed by atoms with Gasteiger partial charge >= 0.3 is 0 Å². The average molecular weight is 252 g/mol. The topological polar surface area (TPSA) is 24.5 Å². The maximum Gasteiger partial charge on any atom is 0.0586 e. The van der Waals surface area contributed by atoms with Crippen LogP contribution >= 0.6 is 0 Å². The van der Waals surface area contributed by atoms with E-state index in [1.807, 2.05) is 7.11 Å². The molecule has 4 atom stereocenters. The zero-order chi connectivity index (χ0) is 12.4. The fourth-order valence-electron chi connectivity index (χ4n) is 4.27. The monoisotopic (exact) mass is 252 g/mol. The summed E-state index contributed by atoms with van der Waals surface area (Å²) in [7, 11) is 1.88. The summed E-state index contributed by atoms with van der Waals surface area (Å²) in [5, 5.41) is 3.71. The van der Waals surface area contributed by atoms with Gasteiger partial charge in [-0.2, -0.15) is 0 Å². The predicted molar refractivity (Wildman–Crippen MR) is 73.8 cm³/mol. The number of likely N-dealkylation sites (tertiary alicyclic amines) is 1. The van der Waals surface area contributed by atoms with Crippen LogP contribution in [0.2, 0.25) is 0 Å². The van der Waals surface area contributed by atoms with E-state index in [1.165, 1.54) is 64.6 Å². The number of piperidine rings is 2. The number of nitrogens with zero attached hydrogens (tertiary/aromatic N) is 1. The number of fused-ring (bicyclic) bond motifs is 1. The molecule has 3 nitrogen and oxygen atoms in total. The lowest BCUT2D eigenvalue weighted by atomic mass is 9.83. The summed E-state index contributed by atoms with van der Waals surface area (Å²) in [5.74, 6) is 0.912. The molecule has 1 saturated carbocycles. The lowest BCUT2D eigenvalue weighted by Gasteiger charge is -2.46. The summed E-state index contributed by atoms with van der Waals surface area (Å²) in [4.78, 5) is 2.78. The number of nitrogens with one attached hydrogen (secondary N) is 1. The maximum absolute atomic E-state index is 5.58. The standard InChI is InChI=1S/C15H28N2O/c1-18-14-6-2-5-13(10-14)17-9-7-15-12(11-17)4-3-8-16-15/h12-16H,2-11H2,1H3. The molecule has 0 radical (unpaired) electrons. The van der Waals surface area contributed by atoms with E-state index in [2.05, 4.69) is 10.2 Å². The van der Waals surface area contributed by atoms with Crippen LogP contribution in [0, 0.1) is 5.92 Å². The van der Waals surface area contributed by atoms with Gasteiger partial charge in [0.2, 0.25) is 0 Å². The molecular weight excluding hydrogens is 224 g/mol. The third kappa shape index (κ3) is 2.73. The fraction of sp³-hybridized carbons (Fsp3) is 1.00. The highest BCUT2D eigenvalue weighted by atomic mass is 16.5. The highest BCUT2D eigenvalue weighted by Gasteiger charge is 2.35. The van der Waals surface area contributed by atoms with E-state index in [0.29, 0.717) is 6.10 Å². The molecule has 104 valence electrons. The van der Waals surface area contributed by atoms with Gasteiger partial charge in [0.1, 0.15) is 0 Å². The summed E-state index contributed by atoms with van der Waals surface area (Å²) in [6.45, 7) is 3.88. The van der Waals surface area contributed by atoms with Gasteiger partial charge in [-0.3, -0.25) is 4.90 Å². The van der Waals surface area contributed by atoms with Crippen LogP contribution in [0.3, 0.4) is 0 Å². The van der Waals surface area contributed by atoms with Gasteiger partial charge < -0.3 is 10.1 Å². The Morgan fingerprint density at radius 3 is 2.94 bits per heavy atom. The minimum absolute atomic E-state index is 0.519. The largest absolute Gasteiger partial charge is 0.381 e. The van der Waals surface area contributed by atoms with Crippen LogP contribution in [0.15, 0.2) is 0 Å². The minimum Gasteiger partial charge on any atom is -0.381 e. The summed E-state index contributed by atoms with van der Waals surface area (Å²) in [6, 6.07) is 1.61. The van der Waals surface area contributed by atoms with Crippen LogP contribution in [0.25, 0.3) is 0 Å². The Kier molecular flexibility index (Phi) is 4.22. The molecule has 3 rings (SSSR count). The molecule has 0 aromatic heterocycles. The summed E-state index contributed by atoms with van der Waals surface area (Å²) < 4.78 is 5.58. The second-order valence-corrected chi connectivity index (χ2v) is 6.42. The molecule has 0 amide bonds. The first-order valence-corrected chi connectivity index (χ1v) is 7.87. The van der Waals surface area contributed by atoms with Crippen molar-refractivity contribution >= 4 is 0 Å². The van der Waals surface area contributed by atoms with E-state index in [4.69, 9.17) is 4.74 Å². The Labute approximate surface area is 111 Å². The summed E-state index contributed by atoms with van der Waals surface area (Å²) in [6.07, 6.45) is 9.98. The summed E-state index contributed by atoms with van der Waals surface area (Å²) >= 11 is 0. The minimum atomic E-state index is 0.519. The third-order valence-corrected chi connectivity index (χ3v) is 5.37. The molecule has 3 heteroatoms. The van der Waals surface area contributed by atoms with Crippen molar-refractivity contribution < 1.29 is 4.74 Å². The smallest absolute Gasteiger partial charge is 0.0586 e. The van der Waals surface area contributed by atoms with Gasteiger partial charge in [-0.15, -0.1) is 0 Å². The molecule has 2 heterocycles. The number of ether oxygens (including phenoxy) is 1. The molecule has 2 aliphatic heterocycles. The van der Waals surface area contributed by atoms with E-state index in [0.717, 1.165) is 18.0 Å². The maximum atomic E-state index is 5.58. The molecule has 0 aromatic rings. The van der Waals surface area contributed by atoms with Gasteiger partial charge in [0.25, 0.3) is 0 Å². The Morgan fingerprint density at radius 1 is 1.11 bits per heavy atom. The molecule has 1 N–H and O–H groups in total. The first-order chi connectivity index (χ1) is 8.86. The van der Waals surface area contributed by atoms with Crippen LogP contribution in [-0.2, 0) is 4.74 Å². The van der Waals surface area contributed by atoms with Gasteiger partial charge in [-0.25, -0.2) is 0 Å². The number of hydrogen-bond donors (Lipinski definition) is 1. The predicted octanol–water partition coefficient (Wildman–Crippen LogP) is 2.02. The zero-order valence-corrected chi connectivity index (χ0v) is 11.7. The Balaban J connectivity index is 1.56. The number of hydrogen-bond acceptors (Lipinski definition) is 3. The normalized spacial score (nSPS) is 42.5. The Morgan fingerprint density at radius 2 is 2.06 bits per heavy atom. The van der Waals surface area contributed by atoms with Crippen molar-refractivity contribution in [1.29, 1.82) is 0 Å². The van der Waals surface area contributed by atoms with Crippen LogP contribution < -0.4 is 5.32 Å². The second kappa shape index (κ2) is 5.89. The highest BCUT2D eigenvalue weighted by molar-refractivity contribution is 4.91. The van der Waals surface area contributed by atoms with Gasteiger partial charge in [0, 0.05) is 25.7 Å². The van der Waals surface area contributed by atoms with Crippen molar-refractivity contribution in [2.75, 3.05) is 26.7 Å². The molecule has 0 bridgehead atoms. The molecular formula is C15H28N2O. The SMILES string of the molecule is COC1CCCC(N2CCC3NCCCC3C2)C1. The number of methoxy groups -OCH3 is 1. The zero-order valence-electron chi connectivity index (χ0n) is 11.7. The van der Waals surface area contributed by atoms with Gasteiger partial charge in [0.05, 0.1) is 6.10 Å². The van der Waals surface area contributed by atoms with Crippen molar-refractivity contribution in [3.8, 4) is 0 Å². The third-order valence-electron chi connectivity index (χ3n) is 5.37. The van der Waals surface area contributed by atoms with Crippen molar-refractivity contribution in [2.45, 2.75) is 63.1 Å². The molecule has 2 saturated heterocycles. The van der Waals surface area contributed by atoms with E-state index < -0.39 is 0 Å². The average Bonchev–Trinajstić information content (AvgIpc) is 2.47. The van der Waals surface area contributed by atoms with E-state index in [-0.39, 0.29) is 0 Å². The Bertz CT molecular complexity index is 271. The first kappa shape index (κ1) is 12.9. The highest BCUT2D eigenvalue weighted by Crippen LogP contribution is 2.31. The van der Waals surface area contributed by atoms with Crippen molar-refractivity contribution in [3.63, 3.8) is 0 Å². The molecule has 0 spiro atoms. The first-order valence-electron chi connectivity index (χ1n) is 7.87. The molecule has 4 unspecified atom stereocenters. The lowest BCUT2D eigenvalue weighted by Crippen LogP contribution is -2.55. The van der Waals surface area contributed by atoms with E-state index in [9.17, 15) is 0 Å². The van der Waals surface area contributed by atoms with Gasteiger partial charge in [-0.1, -0.05) is 0 Å². The van der Waals surface area contributed by atoms with Crippen LogP contribution in [0.5, 0.6) is 0 Å². The molecule has 3 fully saturated rings. The molecule has 1 aliphatic carbocycles. The van der Waals surface area contributed by atoms with Crippen molar-refractivity contribution in [1.82, 2.24) is 10.2 Å². The molecule has 18 heavy (non-hydrogen) atoms. The van der Waals surface area contributed by atoms with Crippen LogP contribution in [0.4, 0.5) is 0 Å². The number of rotatable bonds is 2.